The van der Waals surface area contributed by atoms with Crippen molar-refractivity contribution in [2.45, 2.75) is 0 Å². The van der Waals surface area contributed by atoms with E-state index >= 15 is 0 Å². The van der Waals surface area contributed by atoms with Crippen LogP contribution in [0.4, 0.5) is 11.4 Å². The number of allylic oxidation sites excluding steroid dienone is 1. The Morgan fingerprint density at radius 3 is 2.61 bits per heavy atom. The molecule has 0 saturated heterocycles. The van der Waals surface area contributed by atoms with E-state index in [1.54, 1.807) is 24.3 Å². The van der Waals surface area contributed by atoms with E-state index in [9.17, 15) is 20.2 Å². The van der Waals surface area contributed by atoms with Crippen LogP contribution in [0.25, 0.3) is 22.9 Å². The highest BCUT2D eigenvalue weighted by molar-refractivity contribution is 9.10. The minimum absolute atomic E-state index is 0.172. The fourth-order valence-corrected chi connectivity index (χ4v) is 4.26. The summed E-state index contributed by atoms with van der Waals surface area (Å²) >= 11 is 4.68. The van der Waals surface area contributed by atoms with Crippen LogP contribution in [0.1, 0.15) is 10.6 Å². The van der Waals surface area contributed by atoms with Gasteiger partial charge in [-0.05, 0) is 36.4 Å². The van der Waals surface area contributed by atoms with Crippen LogP contribution < -0.4 is 10.1 Å². The van der Waals surface area contributed by atoms with Crippen molar-refractivity contribution in [3.05, 3.63) is 103 Å². The average Bonchev–Trinajstić information content (AvgIpc) is 3.37. The fourth-order valence-electron chi connectivity index (χ4n) is 3.20. The van der Waals surface area contributed by atoms with Gasteiger partial charge in [0.15, 0.2) is 6.61 Å². The van der Waals surface area contributed by atoms with Gasteiger partial charge in [-0.2, -0.15) is 5.26 Å². The summed E-state index contributed by atoms with van der Waals surface area (Å²) < 4.78 is 6.60. The number of nitro benzene ring substituents is 1. The lowest BCUT2D eigenvalue weighted by Gasteiger charge is -2.10. The molecule has 36 heavy (non-hydrogen) atoms. The molecule has 0 atom stereocenters. The second-order valence-electron chi connectivity index (χ2n) is 7.40. The van der Waals surface area contributed by atoms with E-state index in [0.29, 0.717) is 16.4 Å². The van der Waals surface area contributed by atoms with Crippen LogP contribution in [0.15, 0.2) is 82.6 Å². The normalized spacial score (nSPS) is 10.9. The van der Waals surface area contributed by atoms with E-state index < -0.39 is 10.8 Å². The summed E-state index contributed by atoms with van der Waals surface area (Å²) in [6, 6.07) is 22.6. The number of halogens is 1. The quantitative estimate of drug-likeness (QED) is 0.148. The number of nitrogens with one attached hydrogen (secondary N) is 1. The molecule has 0 radical (unpaired) electrons. The van der Waals surface area contributed by atoms with Gasteiger partial charge in [-0.1, -0.05) is 46.3 Å². The Morgan fingerprint density at radius 2 is 1.92 bits per heavy atom. The Morgan fingerprint density at radius 1 is 1.17 bits per heavy atom. The predicted octanol–water partition coefficient (Wildman–Crippen LogP) is 6.56. The molecule has 0 spiro atoms. The highest BCUT2D eigenvalue weighted by Crippen LogP contribution is 2.31. The lowest BCUT2D eigenvalue weighted by molar-refractivity contribution is -0.384. The summed E-state index contributed by atoms with van der Waals surface area (Å²) in [6.07, 6.45) is 1.47. The molecule has 178 valence electrons. The van der Waals surface area contributed by atoms with Crippen LogP contribution in [0.2, 0.25) is 0 Å². The van der Waals surface area contributed by atoms with Crippen molar-refractivity contribution in [1.29, 1.82) is 5.26 Å². The van der Waals surface area contributed by atoms with Gasteiger partial charge in [0, 0.05) is 38.8 Å². The molecule has 0 saturated carbocycles. The SMILES string of the molecule is N#CC(=Cc1cc([N+](=O)[O-])ccc1OCC(=O)Nc1ccccc1)c1nc(-c2ccc(Br)cc2)cs1. The maximum absolute atomic E-state index is 12.3. The molecule has 4 aromatic rings. The van der Waals surface area contributed by atoms with Gasteiger partial charge in [-0.25, -0.2) is 4.98 Å². The maximum atomic E-state index is 12.3. The highest BCUT2D eigenvalue weighted by Gasteiger charge is 2.15. The number of nitro groups is 1. The highest BCUT2D eigenvalue weighted by atomic mass is 79.9. The van der Waals surface area contributed by atoms with Gasteiger partial charge in [-0.3, -0.25) is 14.9 Å². The van der Waals surface area contributed by atoms with Crippen LogP contribution in [-0.2, 0) is 4.79 Å². The van der Waals surface area contributed by atoms with Gasteiger partial charge in [0.1, 0.15) is 16.8 Å². The number of amides is 1. The first-order chi connectivity index (χ1) is 17.4. The zero-order valence-corrected chi connectivity index (χ0v) is 21.0. The summed E-state index contributed by atoms with van der Waals surface area (Å²) in [7, 11) is 0. The van der Waals surface area contributed by atoms with Gasteiger partial charge in [0.2, 0.25) is 0 Å². The van der Waals surface area contributed by atoms with Crippen molar-refractivity contribution in [2.75, 3.05) is 11.9 Å². The molecule has 3 aromatic carbocycles. The van der Waals surface area contributed by atoms with Crippen molar-refractivity contribution in [1.82, 2.24) is 4.98 Å². The van der Waals surface area contributed by atoms with Crippen LogP contribution >= 0.6 is 27.3 Å². The second-order valence-corrected chi connectivity index (χ2v) is 9.17. The number of para-hydroxylation sites is 1. The van der Waals surface area contributed by atoms with E-state index in [1.165, 1.54) is 35.6 Å². The first-order valence-electron chi connectivity index (χ1n) is 10.5. The number of benzene rings is 3. The zero-order chi connectivity index (χ0) is 25.5. The van der Waals surface area contributed by atoms with E-state index in [2.05, 4.69) is 32.3 Å². The third-order valence-corrected chi connectivity index (χ3v) is 6.32. The molecule has 1 heterocycles. The number of carbonyl (C=O) groups excluding carboxylic acids is 1. The molecule has 0 bridgehead atoms. The lowest BCUT2D eigenvalue weighted by Crippen LogP contribution is -2.20. The molecule has 1 N–H and O–H groups in total. The molecule has 1 amide bonds. The standard InChI is InChI=1S/C26H17BrN4O4S/c27-20-8-6-17(7-9-20)23-16-36-26(30-23)19(14-28)12-18-13-22(31(33)34)10-11-24(18)35-15-25(32)29-21-4-2-1-3-5-21/h1-13,16H,15H2,(H,29,32). The minimum Gasteiger partial charge on any atom is -0.483 e. The number of ether oxygens (including phenoxy) is 1. The lowest BCUT2D eigenvalue weighted by atomic mass is 10.1. The third kappa shape index (κ3) is 6.21. The predicted molar refractivity (Wildman–Crippen MR) is 142 cm³/mol. The Kier molecular flexibility index (Phi) is 7.85. The van der Waals surface area contributed by atoms with Gasteiger partial charge >= 0.3 is 0 Å². The number of hydrogen-bond acceptors (Lipinski definition) is 7. The largest absolute Gasteiger partial charge is 0.483 e. The second kappa shape index (κ2) is 11.4. The van der Waals surface area contributed by atoms with Crippen molar-refractivity contribution < 1.29 is 14.5 Å². The number of thiazole rings is 1. The molecule has 8 nitrogen and oxygen atoms in total. The number of carbonyl (C=O) groups is 1. The fraction of sp³-hybridized carbons (Fsp3) is 0.0385. The maximum Gasteiger partial charge on any atom is 0.270 e. The number of anilines is 1. The summed E-state index contributed by atoms with van der Waals surface area (Å²) in [6.45, 7) is -0.319. The monoisotopic (exact) mass is 560 g/mol. The summed E-state index contributed by atoms with van der Waals surface area (Å²) in [5, 5.41) is 26.2. The molecule has 0 aliphatic rings. The Bertz CT molecular complexity index is 1480. The van der Waals surface area contributed by atoms with Crippen molar-refractivity contribution in [3.63, 3.8) is 0 Å². The molecule has 1 aromatic heterocycles. The van der Waals surface area contributed by atoms with Gasteiger partial charge in [0.25, 0.3) is 11.6 Å². The minimum atomic E-state index is -0.537. The van der Waals surface area contributed by atoms with Crippen LogP contribution in [-0.4, -0.2) is 22.4 Å². The molecule has 4 rings (SSSR count). The number of hydrogen-bond donors (Lipinski definition) is 1. The molecule has 0 unspecified atom stereocenters. The number of nitrogens with zero attached hydrogens (tertiary/aromatic N) is 3. The van der Waals surface area contributed by atoms with Crippen molar-refractivity contribution in [2.24, 2.45) is 0 Å². The smallest absolute Gasteiger partial charge is 0.270 e. The van der Waals surface area contributed by atoms with Crippen LogP contribution in [0.5, 0.6) is 5.75 Å². The number of aromatic nitrogens is 1. The summed E-state index contributed by atoms with van der Waals surface area (Å²) in [4.78, 5) is 27.7. The molecule has 10 heteroatoms. The molecule has 0 fully saturated rings. The summed E-state index contributed by atoms with van der Waals surface area (Å²) in [5.74, 6) is -0.171. The Balaban J connectivity index is 1.60. The van der Waals surface area contributed by atoms with E-state index in [4.69, 9.17) is 4.74 Å². The molecular formula is C26H17BrN4O4S. The molecule has 0 aliphatic carbocycles. The van der Waals surface area contributed by atoms with E-state index in [1.807, 2.05) is 35.7 Å². The Labute approximate surface area is 218 Å². The van der Waals surface area contributed by atoms with E-state index in [0.717, 1.165) is 10.0 Å². The van der Waals surface area contributed by atoms with Gasteiger partial charge in [0.05, 0.1) is 16.2 Å². The van der Waals surface area contributed by atoms with E-state index in [-0.39, 0.29) is 29.2 Å². The summed E-state index contributed by atoms with van der Waals surface area (Å²) in [5.41, 5.74) is 2.54. The van der Waals surface area contributed by atoms with Crippen LogP contribution in [0, 0.1) is 21.4 Å². The average molecular weight is 561 g/mol. The molecular weight excluding hydrogens is 544 g/mol. The number of rotatable bonds is 8. The topological polar surface area (TPSA) is 118 Å². The van der Waals surface area contributed by atoms with Crippen molar-refractivity contribution in [3.8, 4) is 23.1 Å². The first-order valence-corrected chi connectivity index (χ1v) is 12.2. The zero-order valence-electron chi connectivity index (χ0n) is 18.6. The van der Waals surface area contributed by atoms with Crippen molar-refractivity contribution >= 4 is 56.2 Å². The number of nitriles is 1. The van der Waals surface area contributed by atoms with Gasteiger partial charge < -0.3 is 10.1 Å². The third-order valence-electron chi connectivity index (χ3n) is 4.92. The van der Waals surface area contributed by atoms with Gasteiger partial charge in [-0.15, -0.1) is 11.3 Å². The number of non-ortho nitro benzene ring substituents is 1. The van der Waals surface area contributed by atoms with Crippen LogP contribution in [0.3, 0.4) is 0 Å². The Hall–Kier alpha value is -4.33. The first kappa shape index (κ1) is 24.8. The molecule has 0 aliphatic heterocycles.